The second kappa shape index (κ2) is 9.72. The van der Waals surface area contributed by atoms with Crippen LogP contribution in [0.2, 0.25) is 0 Å². The van der Waals surface area contributed by atoms with E-state index < -0.39 is 0 Å². The first-order chi connectivity index (χ1) is 9.71. The van der Waals surface area contributed by atoms with Crippen molar-refractivity contribution in [1.82, 2.24) is 10.2 Å². The molecule has 1 heterocycles. The fourth-order valence-electron chi connectivity index (χ4n) is 3.45. The van der Waals surface area contributed by atoms with E-state index in [4.69, 9.17) is 9.47 Å². The van der Waals surface area contributed by atoms with E-state index in [1.807, 2.05) is 7.11 Å². The molecule has 0 aromatic rings. The summed E-state index contributed by atoms with van der Waals surface area (Å²) in [6.45, 7) is 10.7. The third-order valence-electron chi connectivity index (χ3n) is 4.69. The minimum atomic E-state index is 0.316. The highest BCUT2D eigenvalue weighted by Gasteiger charge is 2.35. The SMILES string of the molecule is CCC(CC)N(CCOC)CC1(COC)CCNCC1. The van der Waals surface area contributed by atoms with Crippen molar-refractivity contribution in [3.05, 3.63) is 0 Å². The zero-order valence-electron chi connectivity index (χ0n) is 13.9. The van der Waals surface area contributed by atoms with Crippen LogP contribution >= 0.6 is 0 Å². The molecule has 0 amide bonds. The molecular weight excluding hydrogens is 252 g/mol. The lowest BCUT2D eigenvalue weighted by molar-refractivity contribution is 0.00155. The van der Waals surface area contributed by atoms with Crippen molar-refractivity contribution in [3.63, 3.8) is 0 Å². The Bertz CT molecular complexity index is 233. The molecular formula is C16H34N2O2. The molecule has 1 aliphatic rings. The number of ether oxygens (including phenoxy) is 2. The number of hydrogen-bond donors (Lipinski definition) is 1. The van der Waals surface area contributed by atoms with E-state index >= 15 is 0 Å². The van der Waals surface area contributed by atoms with Gasteiger partial charge in [0.25, 0.3) is 0 Å². The molecule has 0 spiro atoms. The maximum Gasteiger partial charge on any atom is 0.0589 e. The van der Waals surface area contributed by atoms with Gasteiger partial charge in [0, 0.05) is 38.8 Å². The fraction of sp³-hybridized carbons (Fsp3) is 1.00. The van der Waals surface area contributed by atoms with Crippen LogP contribution in [0.1, 0.15) is 39.5 Å². The summed E-state index contributed by atoms with van der Waals surface area (Å²) in [6.07, 6.45) is 4.85. The fourth-order valence-corrected chi connectivity index (χ4v) is 3.45. The van der Waals surface area contributed by atoms with Crippen molar-refractivity contribution in [1.29, 1.82) is 0 Å². The van der Waals surface area contributed by atoms with Crippen LogP contribution < -0.4 is 5.32 Å². The van der Waals surface area contributed by atoms with Gasteiger partial charge in [-0.05, 0) is 38.8 Å². The molecule has 0 atom stereocenters. The van der Waals surface area contributed by atoms with E-state index in [-0.39, 0.29) is 0 Å². The van der Waals surface area contributed by atoms with Crippen molar-refractivity contribution in [2.24, 2.45) is 5.41 Å². The van der Waals surface area contributed by atoms with Crippen molar-refractivity contribution in [2.75, 3.05) is 53.6 Å². The predicted octanol–water partition coefficient (Wildman–Crippen LogP) is 2.14. The standard InChI is InChI=1S/C16H34N2O2/c1-5-15(6-2)18(11-12-19-3)13-16(14-20-4)7-9-17-10-8-16/h15,17H,5-14H2,1-4H3. The highest BCUT2D eigenvalue weighted by atomic mass is 16.5. The summed E-state index contributed by atoms with van der Waals surface area (Å²) in [5.74, 6) is 0. The average molecular weight is 286 g/mol. The van der Waals surface area contributed by atoms with Gasteiger partial charge >= 0.3 is 0 Å². The molecule has 0 unspecified atom stereocenters. The van der Waals surface area contributed by atoms with Crippen LogP contribution in [0.5, 0.6) is 0 Å². The van der Waals surface area contributed by atoms with Gasteiger partial charge in [0.1, 0.15) is 0 Å². The minimum Gasteiger partial charge on any atom is -0.384 e. The minimum absolute atomic E-state index is 0.316. The Hall–Kier alpha value is -0.160. The molecule has 0 aliphatic carbocycles. The van der Waals surface area contributed by atoms with Crippen LogP contribution in [0.15, 0.2) is 0 Å². The third kappa shape index (κ3) is 5.32. The molecule has 0 aromatic heterocycles. The van der Waals surface area contributed by atoms with E-state index in [1.165, 1.54) is 25.7 Å². The molecule has 4 heteroatoms. The Morgan fingerprint density at radius 3 is 2.25 bits per heavy atom. The smallest absolute Gasteiger partial charge is 0.0589 e. The van der Waals surface area contributed by atoms with Crippen molar-refractivity contribution in [2.45, 2.75) is 45.6 Å². The Morgan fingerprint density at radius 1 is 1.10 bits per heavy atom. The molecule has 1 fully saturated rings. The third-order valence-corrected chi connectivity index (χ3v) is 4.69. The van der Waals surface area contributed by atoms with Crippen LogP contribution in [0, 0.1) is 5.41 Å². The maximum atomic E-state index is 5.55. The van der Waals surface area contributed by atoms with E-state index in [2.05, 4.69) is 24.1 Å². The summed E-state index contributed by atoms with van der Waals surface area (Å²) in [7, 11) is 3.63. The van der Waals surface area contributed by atoms with Gasteiger partial charge < -0.3 is 14.8 Å². The van der Waals surface area contributed by atoms with Crippen LogP contribution in [-0.4, -0.2) is 64.6 Å². The van der Waals surface area contributed by atoms with Crippen LogP contribution in [0.4, 0.5) is 0 Å². The molecule has 1 aliphatic heterocycles. The van der Waals surface area contributed by atoms with Crippen molar-refractivity contribution < 1.29 is 9.47 Å². The Kier molecular flexibility index (Phi) is 8.69. The Labute approximate surface area is 125 Å². The molecule has 0 bridgehead atoms. The largest absolute Gasteiger partial charge is 0.384 e. The zero-order valence-corrected chi connectivity index (χ0v) is 13.9. The van der Waals surface area contributed by atoms with Gasteiger partial charge in [-0.25, -0.2) is 0 Å². The molecule has 0 radical (unpaired) electrons. The molecule has 1 N–H and O–H groups in total. The summed E-state index contributed by atoms with van der Waals surface area (Å²) < 4.78 is 10.9. The number of nitrogens with zero attached hydrogens (tertiary/aromatic N) is 1. The average Bonchev–Trinajstić information content (AvgIpc) is 2.47. The monoisotopic (exact) mass is 286 g/mol. The van der Waals surface area contributed by atoms with Crippen LogP contribution in [0.25, 0.3) is 0 Å². The molecule has 20 heavy (non-hydrogen) atoms. The molecule has 0 aromatic carbocycles. The molecule has 120 valence electrons. The maximum absolute atomic E-state index is 5.55. The number of rotatable bonds is 10. The van der Waals surface area contributed by atoms with Crippen molar-refractivity contribution in [3.8, 4) is 0 Å². The van der Waals surface area contributed by atoms with Gasteiger partial charge in [0.15, 0.2) is 0 Å². The lowest BCUT2D eigenvalue weighted by Gasteiger charge is -2.43. The topological polar surface area (TPSA) is 33.7 Å². The normalized spacial score (nSPS) is 18.9. The van der Waals surface area contributed by atoms with E-state index in [9.17, 15) is 0 Å². The Balaban J connectivity index is 2.71. The summed E-state index contributed by atoms with van der Waals surface area (Å²) >= 11 is 0. The molecule has 1 saturated heterocycles. The molecule has 4 nitrogen and oxygen atoms in total. The van der Waals surface area contributed by atoms with Crippen molar-refractivity contribution >= 4 is 0 Å². The molecule has 0 saturated carbocycles. The zero-order chi connectivity index (χ0) is 14.8. The highest BCUT2D eigenvalue weighted by molar-refractivity contribution is 4.89. The quantitative estimate of drug-likeness (QED) is 0.667. The number of methoxy groups -OCH3 is 2. The van der Waals surface area contributed by atoms with Crippen LogP contribution in [0.3, 0.4) is 0 Å². The lowest BCUT2D eigenvalue weighted by atomic mass is 9.78. The molecule has 1 rings (SSSR count). The summed E-state index contributed by atoms with van der Waals surface area (Å²) in [6, 6.07) is 0.661. The number of nitrogens with one attached hydrogen (secondary N) is 1. The second-order valence-electron chi connectivity index (χ2n) is 6.12. The first-order valence-electron chi connectivity index (χ1n) is 8.14. The predicted molar refractivity (Wildman–Crippen MR) is 84.2 cm³/mol. The second-order valence-corrected chi connectivity index (χ2v) is 6.12. The summed E-state index contributed by atoms with van der Waals surface area (Å²) in [5, 5.41) is 3.47. The van der Waals surface area contributed by atoms with Gasteiger partial charge in [0.2, 0.25) is 0 Å². The van der Waals surface area contributed by atoms with E-state index in [0.29, 0.717) is 11.5 Å². The van der Waals surface area contributed by atoms with Gasteiger partial charge in [-0.15, -0.1) is 0 Å². The lowest BCUT2D eigenvalue weighted by Crippen LogP contribution is -2.50. The summed E-state index contributed by atoms with van der Waals surface area (Å²) in [5.41, 5.74) is 0.316. The van der Waals surface area contributed by atoms with E-state index in [0.717, 1.165) is 39.4 Å². The first kappa shape index (κ1) is 17.9. The number of piperidine rings is 1. The van der Waals surface area contributed by atoms with Gasteiger partial charge in [-0.2, -0.15) is 0 Å². The van der Waals surface area contributed by atoms with Gasteiger partial charge in [-0.1, -0.05) is 13.8 Å². The highest BCUT2D eigenvalue weighted by Crippen LogP contribution is 2.31. The summed E-state index contributed by atoms with van der Waals surface area (Å²) in [4.78, 5) is 2.63. The van der Waals surface area contributed by atoms with E-state index in [1.54, 1.807) is 7.11 Å². The first-order valence-corrected chi connectivity index (χ1v) is 8.14. The number of hydrogen-bond acceptors (Lipinski definition) is 4. The van der Waals surface area contributed by atoms with Gasteiger partial charge in [-0.3, -0.25) is 4.90 Å². The van der Waals surface area contributed by atoms with Gasteiger partial charge in [0.05, 0.1) is 13.2 Å². The Morgan fingerprint density at radius 2 is 1.75 bits per heavy atom. The van der Waals surface area contributed by atoms with Crippen LogP contribution in [-0.2, 0) is 9.47 Å².